The summed E-state index contributed by atoms with van der Waals surface area (Å²) >= 11 is 0. The number of esters is 1. The third-order valence-corrected chi connectivity index (χ3v) is 10.5. The number of hydrogen-bond donors (Lipinski definition) is 0. The number of carbonyl (C=O) groups is 1. The second kappa shape index (κ2) is 15.8. The van der Waals surface area contributed by atoms with Crippen LogP contribution in [0.2, 0.25) is 0 Å². The third kappa shape index (κ3) is 9.01. The van der Waals surface area contributed by atoms with E-state index in [1.54, 1.807) is 36.4 Å². The maximum absolute atomic E-state index is 15.1. The van der Waals surface area contributed by atoms with Crippen LogP contribution in [0.15, 0.2) is 118 Å². The van der Waals surface area contributed by atoms with Crippen LogP contribution in [0, 0.1) is 13.8 Å². The molecule has 0 aliphatic heterocycles. The van der Waals surface area contributed by atoms with Crippen molar-refractivity contribution in [3.8, 4) is 34.1 Å². The van der Waals surface area contributed by atoms with E-state index in [9.17, 15) is 22.4 Å². The molecular weight excluding hydrogens is 749 g/mol. The van der Waals surface area contributed by atoms with Crippen LogP contribution in [-0.4, -0.2) is 49.8 Å². The fourth-order valence-electron chi connectivity index (χ4n) is 5.40. The molecule has 0 amide bonds. The van der Waals surface area contributed by atoms with Gasteiger partial charge in [0.05, 0.1) is 0 Å². The summed E-state index contributed by atoms with van der Waals surface area (Å²) in [6, 6.07) is 28.8. The number of aryl methyl sites for hydroxylation is 2. The van der Waals surface area contributed by atoms with E-state index in [1.807, 2.05) is 74.5 Å². The van der Waals surface area contributed by atoms with Crippen LogP contribution in [-0.2, 0) is 14.3 Å². The Kier molecular flexibility index (Phi) is 11.4. The van der Waals surface area contributed by atoms with Crippen molar-refractivity contribution >= 4 is 35.8 Å². The Hall–Kier alpha value is -5.26. The molecule has 0 radical (unpaired) electrons. The van der Waals surface area contributed by atoms with E-state index in [-0.39, 0.29) is 17.1 Å². The summed E-state index contributed by atoms with van der Waals surface area (Å²) in [4.78, 5) is 11.5. The van der Waals surface area contributed by atoms with Crippen molar-refractivity contribution in [3.63, 3.8) is 0 Å². The number of fused-ring (bicyclic) bond motifs is 2. The van der Waals surface area contributed by atoms with Crippen LogP contribution in [0.3, 0.4) is 0 Å². The molecular formula is C41H37F6O7P. The first-order valence-electron chi connectivity index (χ1n) is 17.1. The average molecular weight is 787 g/mol. The molecule has 6 aromatic rings. The van der Waals surface area contributed by atoms with E-state index in [4.69, 9.17) is 23.0 Å². The van der Waals surface area contributed by atoms with Gasteiger partial charge in [0.15, 0.2) is 0 Å². The number of alkyl halides is 4. The van der Waals surface area contributed by atoms with E-state index in [2.05, 4.69) is 11.3 Å². The molecule has 0 spiro atoms. The van der Waals surface area contributed by atoms with Gasteiger partial charge < -0.3 is 0 Å². The molecule has 0 bridgehead atoms. The first-order valence-corrected chi connectivity index (χ1v) is 19.0. The molecule has 6 rings (SSSR count). The van der Waals surface area contributed by atoms with Gasteiger partial charge in [-0.25, -0.2) is 0 Å². The standard InChI is InChI=1S/C41H37F6O7P/c1-25(2)39(48)51-23-40(42,43)41(44,45)55(46,47)24-52-34(21-49-32-15-13-30-17-35(53-37(30)19-32)28-9-5-26(3)6-10-28)22-50-33-16-14-31-18-36(54-38(31)20-33)29-11-7-27(4)8-12-29/h5-20,34,55H,1,21-24H2,2-4H3. The van der Waals surface area contributed by atoms with Gasteiger partial charge in [-0.2, -0.15) is 0 Å². The van der Waals surface area contributed by atoms with Crippen molar-refractivity contribution < 1.29 is 58.5 Å². The Balaban J connectivity index is 1.18. The number of hydrogen-bond acceptors (Lipinski definition) is 7. The summed E-state index contributed by atoms with van der Waals surface area (Å²) in [6.07, 6.45) is -3.47. The predicted molar refractivity (Wildman–Crippen MR) is 200 cm³/mol. The molecule has 2 heterocycles. The molecule has 0 fully saturated rings. The second-order valence-electron chi connectivity index (χ2n) is 13.2. The van der Waals surface area contributed by atoms with Crippen molar-refractivity contribution in [3.05, 3.63) is 120 Å². The first-order chi connectivity index (χ1) is 26.0. The zero-order valence-corrected chi connectivity index (χ0v) is 31.0. The van der Waals surface area contributed by atoms with Crippen LogP contribution < -0.4 is 9.47 Å². The summed E-state index contributed by atoms with van der Waals surface area (Å²) in [5.41, 5.74) is -1.48. The Labute approximate surface area is 313 Å². The molecule has 0 N–H and O–H groups in total. The van der Waals surface area contributed by atoms with Crippen molar-refractivity contribution in [2.75, 3.05) is 26.2 Å². The molecule has 0 saturated carbocycles. The van der Waals surface area contributed by atoms with Crippen LogP contribution in [0.4, 0.5) is 26.0 Å². The fourth-order valence-corrected chi connectivity index (χ4v) is 6.63. The first kappa shape index (κ1) is 39.4. The van der Waals surface area contributed by atoms with E-state index < -0.39 is 57.7 Å². The molecule has 4 aromatic carbocycles. The maximum atomic E-state index is 15.1. The van der Waals surface area contributed by atoms with Gasteiger partial charge in [-0.1, -0.05) is 35.4 Å². The SMILES string of the molecule is C=C(C)C(=O)OCC(F)(F)C(F)(F)[PH](F)(F)COC(COc1ccc2cc(-c3ccc(C)cc3)oc2c1)COc1ccc2cc(-c3ccc(C)cc3)oc2c1. The van der Waals surface area contributed by atoms with Gasteiger partial charge in [-0.05, 0) is 13.8 Å². The van der Waals surface area contributed by atoms with Gasteiger partial charge in [-0.3, -0.25) is 0 Å². The van der Waals surface area contributed by atoms with Gasteiger partial charge in [0.1, 0.15) is 0 Å². The number of halogens is 6. The fraction of sp³-hybridized carbons (Fsp3) is 0.244. The zero-order chi connectivity index (χ0) is 39.5. The molecule has 0 unspecified atom stereocenters. The minimum atomic E-state index is -7.24. The van der Waals surface area contributed by atoms with E-state index in [0.717, 1.165) is 39.9 Å². The summed E-state index contributed by atoms with van der Waals surface area (Å²) in [5.74, 6) is -5.17. The summed E-state index contributed by atoms with van der Waals surface area (Å²) in [5, 5.41) is 1.50. The van der Waals surface area contributed by atoms with Crippen LogP contribution in [0.1, 0.15) is 18.1 Å². The Morgan fingerprint density at radius 3 is 1.62 bits per heavy atom. The third-order valence-electron chi connectivity index (χ3n) is 8.68. The number of benzene rings is 4. The zero-order valence-electron chi connectivity index (χ0n) is 30.0. The van der Waals surface area contributed by atoms with Crippen LogP contribution >= 0.6 is 7.88 Å². The topological polar surface area (TPSA) is 80.3 Å². The number of carbonyl (C=O) groups excluding carboxylic acids is 1. The quantitative estimate of drug-likeness (QED) is 0.0418. The Bertz CT molecular complexity index is 2170. The molecule has 14 heteroatoms. The molecule has 0 atom stereocenters. The molecule has 290 valence electrons. The number of ether oxygens (including phenoxy) is 4. The van der Waals surface area contributed by atoms with Gasteiger partial charge in [0.2, 0.25) is 0 Å². The average Bonchev–Trinajstić information content (AvgIpc) is 3.78. The minimum absolute atomic E-state index is 0.228. The van der Waals surface area contributed by atoms with Crippen molar-refractivity contribution in [1.82, 2.24) is 0 Å². The van der Waals surface area contributed by atoms with Crippen LogP contribution in [0.5, 0.6) is 11.5 Å². The van der Waals surface area contributed by atoms with Gasteiger partial charge in [0, 0.05) is 0 Å². The van der Waals surface area contributed by atoms with Crippen molar-refractivity contribution in [1.29, 1.82) is 0 Å². The van der Waals surface area contributed by atoms with Crippen LogP contribution in [0.25, 0.3) is 44.6 Å². The summed E-state index contributed by atoms with van der Waals surface area (Å²) in [7, 11) is -7.24. The van der Waals surface area contributed by atoms with Crippen molar-refractivity contribution in [2.45, 2.75) is 38.5 Å². The number of furan rings is 2. The molecule has 7 nitrogen and oxygen atoms in total. The van der Waals surface area contributed by atoms with Gasteiger partial charge >= 0.3 is 264 Å². The second-order valence-corrected chi connectivity index (χ2v) is 15.6. The van der Waals surface area contributed by atoms with Crippen molar-refractivity contribution in [2.24, 2.45) is 0 Å². The van der Waals surface area contributed by atoms with E-state index in [0.29, 0.717) is 22.7 Å². The summed E-state index contributed by atoms with van der Waals surface area (Å²) < 4.78 is 121. The Morgan fingerprint density at radius 2 is 1.18 bits per heavy atom. The van der Waals surface area contributed by atoms with E-state index in [1.165, 1.54) is 0 Å². The van der Waals surface area contributed by atoms with E-state index >= 15 is 8.39 Å². The summed E-state index contributed by atoms with van der Waals surface area (Å²) in [6.45, 7) is 4.89. The molecule has 0 aliphatic rings. The molecule has 0 aliphatic carbocycles. The number of rotatable bonds is 16. The Morgan fingerprint density at radius 1 is 0.727 bits per heavy atom. The molecule has 0 saturated heterocycles. The normalized spacial score (nSPS) is 12.7. The van der Waals surface area contributed by atoms with Gasteiger partial charge in [0.25, 0.3) is 0 Å². The van der Waals surface area contributed by atoms with Gasteiger partial charge in [-0.15, -0.1) is 0 Å². The molecule has 55 heavy (non-hydrogen) atoms. The predicted octanol–water partition coefficient (Wildman–Crippen LogP) is 11.8. The molecule has 2 aromatic heterocycles. The monoisotopic (exact) mass is 786 g/mol.